The monoisotopic (exact) mass is 196 g/mol. The van der Waals surface area contributed by atoms with Crippen LogP contribution in [0.3, 0.4) is 0 Å². The molecule has 14 heavy (non-hydrogen) atoms. The van der Waals surface area contributed by atoms with Crippen molar-refractivity contribution in [1.82, 2.24) is 9.80 Å². The molecule has 0 amide bonds. The maximum absolute atomic E-state index is 5.89. The highest BCUT2D eigenvalue weighted by atomic mass is 16.5. The number of likely N-dealkylation sites (N-methyl/N-ethyl adjacent to an activating group) is 1. The van der Waals surface area contributed by atoms with Crippen LogP contribution in [0.5, 0.6) is 0 Å². The Labute approximate surface area is 86.0 Å². The molecular weight excluding hydrogens is 176 g/mol. The lowest BCUT2D eigenvalue weighted by molar-refractivity contribution is -0.0358. The molecule has 3 saturated heterocycles. The molecule has 1 saturated carbocycles. The molecule has 0 spiro atoms. The number of rotatable bonds is 2. The molecule has 0 N–H and O–H groups in total. The van der Waals surface area contributed by atoms with Gasteiger partial charge in [-0.05, 0) is 25.8 Å². The third-order valence-electron chi connectivity index (χ3n) is 4.05. The first-order valence-corrected chi connectivity index (χ1v) is 5.81. The molecule has 3 heteroatoms. The van der Waals surface area contributed by atoms with Gasteiger partial charge in [0, 0.05) is 32.7 Å². The molecule has 4 fully saturated rings. The molecule has 0 radical (unpaired) electrons. The van der Waals surface area contributed by atoms with E-state index in [0.717, 1.165) is 12.5 Å². The summed E-state index contributed by atoms with van der Waals surface area (Å²) in [6.07, 6.45) is 2.67. The Hall–Kier alpha value is -0.120. The Bertz CT molecular complexity index is 212. The average Bonchev–Trinajstić information content (AvgIpc) is 2.68. The fraction of sp³-hybridized carbons (Fsp3) is 1.00. The van der Waals surface area contributed by atoms with Crippen molar-refractivity contribution in [2.24, 2.45) is 5.92 Å². The number of ether oxygens (including phenoxy) is 1. The van der Waals surface area contributed by atoms with Crippen LogP contribution in [0.1, 0.15) is 12.8 Å². The van der Waals surface area contributed by atoms with Gasteiger partial charge in [-0.3, -0.25) is 4.90 Å². The van der Waals surface area contributed by atoms with Gasteiger partial charge < -0.3 is 9.64 Å². The summed E-state index contributed by atoms with van der Waals surface area (Å²) in [5.41, 5.74) is 0.292. The fourth-order valence-electron chi connectivity index (χ4n) is 3.11. The van der Waals surface area contributed by atoms with E-state index in [9.17, 15) is 0 Å². The number of fused-ring (bicyclic) bond motifs is 1. The van der Waals surface area contributed by atoms with E-state index in [1.165, 1.54) is 45.6 Å². The van der Waals surface area contributed by atoms with Crippen molar-refractivity contribution < 1.29 is 4.74 Å². The average molecular weight is 196 g/mol. The van der Waals surface area contributed by atoms with Gasteiger partial charge in [0.25, 0.3) is 0 Å². The molecule has 0 atom stereocenters. The molecule has 1 aliphatic carbocycles. The molecular formula is C11H20N2O. The van der Waals surface area contributed by atoms with Crippen LogP contribution in [0.25, 0.3) is 0 Å². The Morgan fingerprint density at radius 3 is 2.50 bits per heavy atom. The van der Waals surface area contributed by atoms with Gasteiger partial charge in [0.15, 0.2) is 0 Å². The minimum atomic E-state index is 0.292. The van der Waals surface area contributed by atoms with Crippen molar-refractivity contribution in [3.05, 3.63) is 0 Å². The van der Waals surface area contributed by atoms with E-state index in [4.69, 9.17) is 4.74 Å². The van der Waals surface area contributed by atoms with Crippen LogP contribution in [0.15, 0.2) is 0 Å². The van der Waals surface area contributed by atoms with Crippen molar-refractivity contribution >= 4 is 0 Å². The molecule has 80 valence electrons. The van der Waals surface area contributed by atoms with Gasteiger partial charge in [-0.15, -0.1) is 0 Å². The Kier molecular flexibility index (Phi) is 2.08. The fourth-order valence-corrected chi connectivity index (χ4v) is 3.11. The van der Waals surface area contributed by atoms with Gasteiger partial charge in [-0.1, -0.05) is 0 Å². The highest BCUT2D eigenvalue weighted by Gasteiger charge is 2.52. The van der Waals surface area contributed by atoms with Crippen LogP contribution in [-0.2, 0) is 4.74 Å². The number of hydrogen-bond donors (Lipinski definition) is 0. The summed E-state index contributed by atoms with van der Waals surface area (Å²) >= 11 is 0. The second-order valence-electron chi connectivity index (χ2n) is 5.35. The van der Waals surface area contributed by atoms with Gasteiger partial charge >= 0.3 is 0 Å². The van der Waals surface area contributed by atoms with Gasteiger partial charge in [0.1, 0.15) is 0 Å². The lowest BCUT2D eigenvalue weighted by Gasteiger charge is -2.42. The molecule has 0 aromatic carbocycles. The summed E-state index contributed by atoms with van der Waals surface area (Å²) in [5.74, 6) is 0.905. The van der Waals surface area contributed by atoms with E-state index >= 15 is 0 Å². The van der Waals surface area contributed by atoms with Gasteiger partial charge in [-0.2, -0.15) is 0 Å². The quantitative estimate of drug-likeness (QED) is 0.636. The van der Waals surface area contributed by atoms with Gasteiger partial charge in [-0.25, -0.2) is 0 Å². The van der Waals surface area contributed by atoms with Gasteiger partial charge in [0.05, 0.1) is 12.2 Å². The van der Waals surface area contributed by atoms with Crippen molar-refractivity contribution in [3.63, 3.8) is 0 Å². The molecule has 3 aliphatic heterocycles. The SMILES string of the molecule is CN1CCN(CC23CC(CO2)C3)CC1. The second-order valence-corrected chi connectivity index (χ2v) is 5.35. The zero-order valence-corrected chi connectivity index (χ0v) is 9.04. The summed E-state index contributed by atoms with van der Waals surface area (Å²) in [6.45, 7) is 7.13. The summed E-state index contributed by atoms with van der Waals surface area (Å²) < 4.78 is 5.89. The first-order valence-electron chi connectivity index (χ1n) is 5.81. The zero-order valence-electron chi connectivity index (χ0n) is 9.04. The zero-order chi connectivity index (χ0) is 9.60. The maximum atomic E-state index is 5.89. The summed E-state index contributed by atoms with van der Waals surface area (Å²) in [6, 6.07) is 0. The minimum absolute atomic E-state index is 0.292. The van der Waals surface area contributed by atoms with E-state index in [2.05, 4.69) is 16.8 Å². The first-order chi connectivity index (χ1) is 6.76. The van der Waals surface area contributed by atoms with E-state index in [0.29, 0.717) is 5.60 Å². The number of piperazine rings is 1. The largest absolute Gasteiger partial charge is 0.373 e. The van der Waals surface area contributed by atoms with Crippen LogP contribution in [-0.4, -0.2) is 61.8 Å². The third-order valence-corrected chi connectivity index (χ3v) is 4.05. The van der Waals surface area contributed by atoms with E-state index in [-0.39, 0.29) is 0 Å². The van der Waals surface area contributed by atoms with Crippen LogP contribution in [0.2, 0.25) is 0 Å². The standard InChI is InChI=1S/C11H20N2O/c1-12-2-4-13(5-3-12)9-11-6-10(7-11)8-14-11/h10H,2-9H2,1H3. The Balaban J connectivity index is 1.53. The van der Waals surface area contributed by atoms with Crippen LogP contribution in [0.4, 0.5) is 0 Å². The van der Waals surface area contributed by atoms with Crippen molar-refractivity contribution in [2.45, 2.75) is 18.4 Å². The van der Waals surface area contributed by atoms with Crippen molar-refractivity contribution in [3.8, 4) is 0 Å². The molecule has 0 aromatic rings. The maximum Gasteiger partial charge on any atom is 0.0815 e. The molecule has 2 bridgehead atoms. The first kappa shape index (κ1) is 9.13. The summed E-state index contributed by atoms with van der Waals surface area (Å²) in [7, 11) is 2.21. The third kappa shape index (κ3) is 1.47. The topological polar surface area (TPSA) is 15.7 Å². The molecule has 0 unspecified atom stereocenters. The highest BCUT2D eigenvalue weighted by Crippen LogP contribution is 2.48. The van der Waals surface area contributed by atoms with Crippen LogP contribution >= 0.6 is 0 Å². The normalized spacial score (nSPS) is 43.9. The van der Waals surface area contributed by atoms with E-state index in [1.807, 2.05) is 0 Å². The predicted molar refractivity (Wildman–Crippen MR) is 55.3 cm³/mol. The van der Waals surface area contributed by atoms with Gasteiger partial charge in [0.2, 0.25) is 0 Å². The number of nitrogens with zero attached hydrogens (tertiary/aromatic N) is 2. The molecule has 3 heterocycles. The lowest BCUT2D eigenvalue weighted by Crippen LogP contribution is -2.53. The second kappa shape index (κ2) is 3.19. The lowest BCUT2D eigenvalue weighted by atomic mass is 9.74. The summed E-state index contributed by atoms with van der Waals surface area (Å²) in [5, 5.41) is 0. The van der Waals surface area contributed by atoms with E-state index < -0.39 is 0 Å². The van der Waals surface area contributed by atoms with Crippen LogP contribution in [0, 0.1) is 5.92 Å². The minimum Gasteiger partial charge on any atom is -0.373 e. The molecule has 0 aromatic heterocycles. The Morgan fingerprint density at radius 2 is 1.93 bits per heavy atom. The summed E-state index contributed by atoms with van der Waals surface area (Å²) in [4.78, 5) is 4.99. The van der Waals surface area contributed by atoms with Crippen molar-refractivity contribution in [2.75, 3.05) is 46.4 Å². The van der Waals surface area contributed by atoms with Crippen LogP contribution < -0.4 is 0 Å². The smallest absolute Gasteiger partial charge is 0.0815 e. The highest BCUT2D eigenvalue weighted by molar-refractivity contribution is 5.03. The molecule has 3 nitrogen and oxygen atoms in total. The predicted octanol–water partition coefficient (Wildman–Crippen LogP) is 0.413. The number of hydrogen-bond acceptors (Lipinski definition) is 3. The van der Waals surface area contributed by atoms with E-state index in [1.54, 1.807) is 0 Å². The molecule has 4 rings (SSSR count). The molecule has 4 aliphatic rings. The van der Waals surface area contributed by atoms with Crippen molar-refractivity contribution in [1.29, 1.82) is 0 Å². The Morgan fingerprint density at radius 1 is 1.21 bits per heavy atom.